The SMILES string of the molecule is COc1c(-c2ccc(O[C@@H]3O[C@H](C(=O)O)[C@@H](O)C(O)C3O)cc2)oc2cc3c(c(O)c2c1=O)OCO3. The summed E-state index contributed by atoms with van der Waals surface area (Å²) in [4.78, 5) is 24.4. The molecule has 1 saturated heterocycles. The van der Waals surface area contributed by atoms with E-state index in [1.54, 1.807) is 0 Å². The molecule has 13 heteroatoms. The topological polar surface area (TPSA) is 195 Å². The molecule has 2 aliphatic heterocycles. The third kappa shape index (κ3) is 3.74. The van der Waals surface area contributed by atoms with E-state index in [0.29, 0.717) is 5.56 Å². The van der Waals surface area contributed by atoms with Crippen molar-refractivity contribution in [2.75, 3.05) is 13.9 Å². The minimum absolute atomic E-state index is 0.0287. The Kier molecular flexibility index (Phi) is 5.84. The second kappa shape index (κ2) is 8.87. The molecule has 3 aromatic rings. The monoisotopic (exact) mass is 504 g/mol. The van der Waals surface area contributed by atoms with Crippen molar-refractivity contribution in [2.24, 2.45) is 0 Å². The summed E-state index contributed by atoms with van der Waals surface area (Å²) in [7, 11) is 1.27. The van der Waals surface area contributed by atoms with Crippen LogP contribution in [0, 0.1) is 0 Å². The van der Waals surface area contributed by atoms with Crippen molar-refractivity contribution in [1.29, 1.82) is 0 Å². The molecule has 2 aliphatic rings. The molecular weight excluding hydrogens is 484 g/mol. The number of benzene rings is 2. The second-order valence-corrected chi connectivity index (χ2v) is 8.00. The van der Waals surface area contributed by atoms with Crippen molar-refractivity contribution in [3.63, 3.8) is 0 Å². The van der Waals surface area contributed by atoms with Gasteiger partial charge >= 0.3 is 5.97 Å². The van der Waals surface area contributed by atoms with Crippen molar-refractivity contribution in [3.05, 3.63) is 40.6 Å². The standard InChI is InChI=1S/C23H20O13/c1-31-20-14(25)12-10(6-11-19(13(12)24)33-7-32-11)35-18(20)8-2-4-9(5-3-8)34-23-17(28)15(26)16(27)21(36-23)22(29)30/h2-6,15-17,21,23-24,26-28H,7H2,1H3,(H,29,30)/t15?,16-,17?,21-,23+/m0/s1. The summed E-state index contributed by atoms with van der Waals surface area (Å²) in [6, 6.07) is 7.23. The Balaban J connectivity index is 1.47. The third-order valence-corrected chi connectivity index (χ3v) is 5.84. The Hall–Kier alpha value is -4.04. The fourth-order valence-corrected chi connectivity index (χ4v) is 4.02. The summed E-state index contributed by atoms with van der Waals surface area (Å²) >= 11 is 0. The summed E-state index contributed by atoms with van der Waals surface area (Å²) in [6.45, 7) is -0.124. The minimum atomic E-state index is -1.85. The summed E-state index contributed by atoms with van der Waals surface area (Å²) < 4.78 is 32.2. The number of aliphatic hydroxyl groups excluding tert-OH is 3. The molecule has 0 bridgehead atoms. The molecule has 5 rings (SSSR count). The Morgan fingerprint density at radius 3 is 2.44 bits per heavy atom. The highest BCUT2D eigenvalue weighted by Crippen LogP contribution is 2.46. The lowest BCUT2D eigenvalue weighted by Gasteiger charge is -2.38. The van der Waals surface area contributed by atoms with Crippen LogP contribution in [0.25, 0.3) is 22.3 Å². The van der Waals surface area contributed by atoms with E-state index >= 15 is 0 Å². The molecule has 5 atom stereocenters. The smallest absolute Gasteiger partial charge is 0.335 e. The number of aliphatic hydroxyl groups is 3. The number of carbonyl (C=O) groups is 1. The predicted octanol–water partition coefficient (Wildman–Crippen LogP) is 0.174. The maximum atomic E-state index is 13.1. The van der Waals surface area contributed by atoms with Gasteiger partial charge in [-0.3, -0.25) is 4.79 Å². The third-order valence-electron chi connectivity index (χ3n) is 5.84. The van der Waals surface area contributed by atoms with Gasteiger partial charge in [-0.15, -0.1) is 0 Å². The number of rotatable bonds is 5. The average molecular weight is 504 g/mol. The fraction of sp³-hybridized carbons (Fsp3) is 0.304. The maximum absolute atomic E-state index is 13.1. The van der Waals surface area contributed by atoms with Crippen molar-refractivity contribution in [3.8, 4) is 40.1 Å². The lowest BCUT2D eigenvalue weighted by atomic mass is 9.99. The van der Waals surface area contributed by atoms with Crippen molar-refractivity contribution < 1.29 is 58.4 Å². The minimum Gasteiger partial charge on any atom is -0.504 e. The largest absolute Gasteiger partial charge is 0.504 e. The fourth-order valence-electron chi connectivity index (χ4n) is 4.02. The number of phenolic OH excluding ortho intramolecular Hbond substituents is 1. The van der Waals surface area contributed by atoms with Crippen LogP contribution in [0.3, 0.4) is 0 Å². The highest BCUT2D eigenvalue weighted by atomic mass is 16.7. The zero-order chi connectivity index (χ0) is 25.7. The van der Waals surface area contributed by atoms with Crippen molar-refractivity contribution in [1.82, 2.24) is 0 Å². The molecule has 5 N–H and O–H groups in total. The van der Waals surface area contributed by atoms with Gasteiger partial charge in [0.25, 0.3) is 0 Å². The molecule has 2 unspecified atom stereocenters. The van der Waals surface area contributed by atoms with Gasteiger partial charge < -0.3 is 53.6 Å². The zero-order valence-corrected chi connectivity index (χ0v) is 18.5. The van der Waals surface area contributed by atoms with E-state index < -0.39 is 47.9 Å². The molecule has 3 heterocycles. The molecule has 1 aromatic heterocycles. The first-order chi connectivity index (χ1) is 17.2. The van der Waals surface area contributed by atoms with E-state index in [2.05, 4.69) is 0 Å². The molecule has 0 radical (unpaired) electrons. The predicted molar refractivity (Wildman–Crippen MR) is 117 cm³/mol. The zero-order valence-electron chi connectivity index (χ0n) is 18.5. The number of hydrogen-bond donors (Lipinski definition) is 5. The van der Waals surface area contributed by atoms with Gasteiger partial charge in [0.05, 0.1) is 7.11 Å². The van der Waals surface area contributed by atoms with Gasteiger partial charge in [-0.2, -0.15) is 0 Å². The number of ether oxygens (including phenoxy) is 5. The number of aliphatic carboxylic acids is 1. The number of fused-ring (bicyclic) bond motifs is 2. The summed E-state index contributed by atoms with van der Waals surface area (Å²) in [5.41, 5.74) is -0.237. The molecule has 0 saturated carbocycles. The van der Waals surface area contributed by atoms with Crippen molar-refractivity contribution in [2.45, 2.75) is 30.7 Å². The van der Waals surface area contributed by atoms with Crippen LogP contribution in [-0.4, -0.2) is 76.1 Å². The van der Waals surface area contributed by atoms with Crippen LogP contribution in [-0.2, 0) is 9.53 Å². The first-order valence-electron chi connectivity index (χ1n) is 10.6. The average Bonchev–Trinajstić information content (AvgIpc) is 3.33. The van der Waals surface area contributed by atoms with Gasteiger partial charge in [0, 0.05) is 11.6 Å². The normalized spacial score (nSPS) is 25.1. The van der Waals surface area contributed by atoms with Crippen LogP contribution < -0.4 is 24.4 Å². The van der Waals surface area contributed by atoms with Gasteiger partial charge in [0.1, 0.15) is 35.0 Å². The number of hydrogen-bond acceptors (Lipinski definition) is 12. The van der Waals surface area contributed by atoms with Gasteiger partial charge in [-0.25, -0.2) is 4.79 Å². The lowest BCUT2D eigenvalue weighted by molar-refractivity contribution is -0.271. The quantitative estimate of drug-likeness (QED) is 0.316. The molecule has 0 spiro atoms. The highest BCUT2D eigenvalue weighted by molar-refractivity contribution is 5.91. The van der Waals surface area contributed by atoms with Crippen LogP contribution in [0.15, 0.2) is 39.5 Å². The second-order valence-electron chi connectivity index (χ2n) is 8.00. The van der Waals surface area contributed by atoms with Crippen LogP contribution in [0.1, 0.15) is 0 Å². The molecule has 2 aromatic carbocycles. The molecule has 0 aliphatic carbocycles. The Labute approximate surface area is 201 Å². The van der Waals surface area contributed by atoms with E-state index in [0.717, 1.165) is 0 Å². The first-order valence-corrected chi connectivity index (χ1v) is 10.6. The van der Waals surface area contributed by atoms with Crippen LogP contribution in [0.2, 0.25) is 0 Å². The molecule has 190 valence electrons. The maximum Gasteiger partial charge on any atom is 0.335 e. The van der Waals surface area contributed by atoms with E-state index in [1.165, 1.54) is 37.4 Å². The van der Waals surface area contributed by atoms with Gasteiger partial charge in [-0.1, -0.05) is 0 Å². The number of phenols is 1. The van der Waals surface area contributed by atoms with Gasteiger partial charge in [0.2, 0.25) is 30.0 Å². The number of aromatic hydroxyl groups is 1. The molecule has 13 nitrogen and oxygen atoms in total. The summed E-state index contributed by atoms with van der Waals surface area (Å²) in [6.07, 6.45) is -8.78. The van der Waals surface area contributed by atoms with Gasteiger partial charge in [0.15, 0.2) is 23.4 Å². The number of carboxylic acid groups (broad SMARTS) is 1. The molecule has 1 fully saturated rings. The van der Waals surface area contributed by atoms with Gasteiger partial charge in [-0.05, 0) is 24.3 Å². The molecule has 0 amide bonds. The molecule has 36 heavy (non-hydrogen) atoms. The van der Waals surface area contributed by atoms with E-state index in [9.17, 15) is 30.0 Å². The summed E-state index contributed by atoms with van der Waals surface area (Å²) in [5, 5.41) is 49.4. The van der Waals surface area contributed by atoms with Crippen LogP contribution in [0.5, 0.6) is 28.7 Å². The first kappa shape index (κ1) is 23.7. The Morgan fingerprint density at radius 1 is 1.06 bits per heavy atom. The Bertz CT molecular complexity index is 1380. The number of carboxylic acids is 1. The van der Waals surface area contributed by atoms with E-state index in [-0.39, 0.29) is 46.5 Å². The van der Waals surface area contributed by atoms with Crippen LogP contribution in [0.4, 0.5) is 0 Å². The highest BCUT2D eigenvalue weighted by Gasteiger charge is 2.48. The van der Waals surface area contributed by atoms with Crippen LogP contribution >= 0.6 is 0 Å². The molecular formula is C23H20O13. The Morgan fingerprint density at radius 2 is 1.78 bits per heavy atom. The van der Waals surface area contributed by atoms with Crippen molar-refractivity contribution >= 4 is 16.9 Å². The lowest BCUT2D eigenvalue weighted by Crippen LogP contribution is -2.61. The number of methoxy groups -OCH3 is 1. The summed E-state index contributed by atoms with van der Waals surface area (Å²) in [5.74, 6) is -1.76. The van der Waals surface area contributed by atoms with E-state index in [4.69, 9.17) is 33.2 Å². The van der Waals surface area contributed by atoms with E-state index in [1.807, 2.05) is 0 Å².